The van der Waals surface area contributed by atoms with E-state index in [1.165, 1.54) is 24.3 Å². The molecule has 0 saturated carbocycles. The molecule has 0 unspecified atom stereocenters. The van der Waals surface area contributed by atoms with Crippen LogP contribution < -0.4 is 9.47 Å². The molecule has 0 atom stereocenters. The Labute approximate surface area is 221 Å². The molecule has 0 radical (unpaired) electrons. The van der Waals surface area contributed by atoms with Crippen LogP contribution in [0.1, 0.15) is 18.4 Å². The highest BCUT2D eigenvalue weighted by molar-refractivity contribution is 5.96. The van der Waals surface area contributed by atoms with Gasteiger partial charge in [0.25, 0.3) is 0 Å². The number of aromatic amines is 1. The molecular weight excluding hydrogens is 513 g/mol. The minimum Gasteiger partial charge on any atom is -0.489 e. The number of hydrogen-bond acceptors (Lipinski definition) is 6. The molecule has 11 heteroatoms. The number of pyridine rings is 1. The normalized spacial score (nSPS) is 14.3. The molecule has 1 aliphatic heterocycles. The van der Waals surface area contributed by atoms with Gasteiger partial charge in [-0.1, -0.05) is 0 Å². The third-order valence-electron chi connectivity index (χ3n) is 6.54. The van der Waals surface area contributed by atoms with Crippen LogP contribution in [-0.4, -0.2) is 58.0 Å². The third-order valence-corrected chi connectivity index (χ3v) is 6.54. The van der Waals surface area contributed by atoms with Gasteiger partial charge in [0.15, 0.2) is 0 Å². The van der Waals surface area contributed by atoms with Crippen LogP contribution in [0.3, 0.4) is 0 Å². The minimum absolute atomic E-state index is 0.160. The maximum Gasteiger partial charge on any atom is 0.573 e. The molecule has 1 amide bonds. The third kappa shape index (κ3) is 5.81. The van der Waals surface area contributed by atoms with Gasteiger partial charge >= 0.3 is 6.36 Å². The highest BCUT2D eigenvalue weighted by atomic mass is 19.4. The van der Waals surface area contributed by atoms with E-state index in [-0.39, 0.29) is 17.8 Å². The van der Waals surface area contributed by atoms with E-state index in [2.05, 4.69) is 20.8 Å². The van der Waals surface area contributed by atoms with Crippen molar-refractivity contribution >= 4 is 16.8 Å². The number of carbonyl (C=O) groups is 1. The van der Waals surface area contributed by atoms with Gasteiger partial charge in [0.2, 0.25) is 5.91 Å². The SMILES string of the molecule is N#Cc1cc(-c2nccc3[nH]c(-c4ccc(OC(F)(F)F)cc4)cc23)ccc1OC1CCN(C(=O)CO)CC1. The van der Waals surface area contributed by atoms with Crippen LogP contribution in [0, 0.1) is 11.3 Å². The lowest BCUT2D eigenvalue weighted by molar-refractivity contribution is -0.274. The van der Waals surface area contributed by atoms with Crippen LogP contribution in [-0.2, 0) is 4.79 Å². The standard InChI is InChI=1S/C28H23F3N4O4/c29-28(30,31)39-21-4-1-17(2-5-21)24-14-22-23(34-24)7-10-33-27(22)18-3-6-25(19(13-18)15-32)38-20-8-11-35(12-9-20)26(37)16-36/h1-7,10,13-14,20,34,36H,8-9,11-12,16H2. The first-order valence-electron chi connectivity index (χ1n) is 12.2. The molecule has 2 N–H and O–H groups in total. The lowest BCUT2D eigenvalue weighted by atomic mass is 10.0. The second-order valence-electron chi connectivity index (χ2n) is 9.05. The molecule has 200 valence electrons. The maximum absolute atomic E-state index is 12.5. The summed E-state index contributed by atoms with van der Waals surface area (Å²) in [6, 6.07) is 16.6. The summed E-state index contributed by atoms with van der Waals surface area (Å²) < 4.78 is 47.5. The van der Waals surface area contributed by atoms with Gasteiger partial charge in [-0.05, 0) is 60.2 Å². The predicted octanol–water partition coefficient (Wildman–Crippen LogP) is 5.03. The molecule has 39 heavy (non-hydrogen) atoms. The number of halogens is 3. The number of aliphatic hydroxyl groups is 1. The Morgan fingerprint density at radius 2 is 1.82 bits per heavy atom. The summed E-state index contributed by atoms with van der Waals surface area (Å²) in [4.78, 5) is 21.1. The van der Waals surface area contributed by atoms with Crippen LogP contribution >= 0.6 is 0 Å². The zero-order chi connectivity index (χ0) is 27.6. The van der Waals surface area contributed by atoms with Crippen LogP contribution in [0.4, 0.5) is 13.2 Å². The zero-order valence-corrected chi connectivity index (χ0v) is 20.5. The minimum atomic E-state index is -4.76. The van der Waals surface area contributed by atoms with Crippen molar-refractivity contribution in [3.8, 4) is 40.1 Å². The number of benzene rings is 2. The number of nitrogens with one attached hydrogen (secondary N) is 1. The fraction of sp³-hybridized carbons (Fsp3) is 0.250. The molecule has 5 rings (SSSR count). The van der Waals surface area contributed by atoms with Crippen LogP contribution in [0.2, 0.25) is 0 Å². The summed E-state index contributed by atoms with van der Waals surface area (Å²) in [5.74, 6) is -0.172. The van der Waals surface area contributed by atoms with Gasteiger partial charge in [-0.25, -0.2) is 0 Å². The summed E-state index contributed by atoms with van der Waals surface area (Å²) in [6.45, 7) is 0.436. The van der Waals surface area contributed by atoms with Crippen LogP contribution in [0.15, 0.2) is 60.8 Å². The Balaban J connectivity index is 1.37. The number of likely N-dealkylation sites (tertiary alicyclic amines) is 1. The largest absolute Gasteiger partial charge is 0.573 e. The summed E-state index contributed by atoms with van der Waals surface area (Å²) in [5, 5.41) is 19.6. The van der Waals surface area contributed by atoms with Gasteiger partial charge in [-0.2, -0.15) is 5.26 Å². The number of ether oxygens (including phenoxy) is 2. The van der Waals surface area contributed by atoms with Crippen LogP contribution in [0.5, 0.6) is 11.5 Å². The van der Waals surface area contributed by atoms with E-state index in [0.717, 1.165) is 10.9 Å². The second-order valence-corrected chi connectivity index (χ2v) is 9.05. The molecule has 0 aliphatic carbocycles. The molecule has 1 fully saturated rings. The Morgan fingerprint density at radius 3 is 2.49 bits per heavy atom. The Bertz CT molecular complexity index is 1540. The van der Waals surface area contributed by atoms with Crippen molar-refractivity contribution in [2.45, 2.75) is 25.3 Å². The van der Waals surface area contributed by atoms with Crippen molar-refractivity contribution in [3.05, 3.63) is 66.4 Å². The fourth-order valence-corrected chi connectivity index (χ4v) is 4.65. The molecule has 4 aromatic rings. The second kappa shape index (κ2) is 10.7. The number of alkyl halides is 3. The van der Waals surface area contributed by atoms with Gasteiger partial charge in [0, 0.05) is 54.3 Å². The van der Waals surface area contributed by atoms with E-state index >= 15 is 0 Å². The van der Waals surface area contributed by atoms with E-state index in [9.17, 15) is 23.2 Å². The number of aromatic nitrogens is 2. The lowest BCUT2D eigenvalue weighted by Gasteiger charge is -2.32. The van der Waals surface area contributed by atoms with E-state index in [4.69, 9.17) is 9.84 Å². The van der Waals surface area contributed by atoms with Crippen molar-refractivity contribution in [1.29, 1.82) is 5.26 Å². The van der Waals surface area contributed by atoms with Crippen molar-refractivity contribution < 1.29 is 32.5 Å². The van der Waals surface area contributed by atoms with Crippen molar-refractivity contribution in [2.24, 2.45) is 0 Å². The summed E-state index contributed by atoms with van der Waals surface area (Å²) in [5.41, 5.74) is 3.80. The van der Waals surface area contributed by atoms with Gasteiger partial charge in [-0.3, -0.25) is 9.78 Å². The summed E-state index contributed by atoms with van der Waals surface area (Å²) in [7, 11) is 0. The van der Waals surface area contributed by atoms with Gasteiger partial charge in [0.05, 0.1) is 11.3 Å². The smallest absolute Gasteiger partial charge is 0.489 e. The highest BCUT2D eigenvalue weighted by Crippen LogP contribution is 2.34. The summed E-state index contributed by atoms with van der Waals surface area (Å²) in [6.07, 6.45) is -2.10. The van der Waals surface area contributed by atoms with E-state index < -0.39 is 13.0 Å². The zero-order valence-electron chi connectivity index (χ0n) is 20.5. The number of piperidine rings is 1. The number of hydrogen-bond donors (Lipinski definition) is 2. The molecule has 3 heterocycles. The number of rotatable bonds is 6. The van der Waals surface area contributed by atoms with Crippen molar-refractivity contribution in [1.82, 2.24) is 14.9 Å². The van der Waals surface area contributed by atoms with E-state index in [1.807, 2.05) is 12.1 Å². The number of nitriles is 1. The highest BCUT2D eigenvalue weighted by Gasteiger charge is 2.31. The van der Waals surface area contributed by atoms with E-state index in [0.29, 0.717) is 59.8 Å². The quantitative estimate of drug-likeness (QED) is 0.358. The Morgan fingerprint density at radius 1 is 1.10 bits per heavy atom. The topological polar surface area (TPSA) is 111 Å². The number of carbonyl (C=O) groups excluding carboxylic acids is 1. The molecule has 2 aromatic carbocycles. The average molecular weight is 537 g/mol. The first kappa shape index (κ1) is 26.1. The number of aliphatic hydroxyl groups excluding tert-OH is 1. The van der Waals surface area contributed by atoms with Crippen molar-refractivity contribution in [2.75, 3.05) is 19.7 Å². The van der Waals surface area contributed by atoms with Gasteiger partial charge in [0.1, 0.15) is 30.3 Å². The lowest BCUT2D eigenvalue weighted by Crippen LogP contribution is -2.42. The Hall–Kier alpha value is -4.56. The van der Waals surface area contributed by atoms with Gasteiger partial charge < -0.3 is 24.5 Å². The molecule has 1 saturated heterocycles. The van der Waals surface area contributed by atoms with Gasteiger partial charge in [-0.15, -0.1) is 13.2 Å². The molecular formula is C28H23F3N4O4. The van der Waals surface area contributed by atoms with Crippen LogP contribution in [0.25, 0.3) is 33.4 Å². The molecule has 2 aromatic heterocycles. The van der Waals surface area contributed by atoms with E-state index in [1.54, 1.807) is 29.3 Å². The number of fused-ring (bicyclic) bond motifs is 1. The predicted molar refractivity (Wildman–Crippen MR) is 136 cm³/mol. The number of H-pyrrole nitrogens is 1. The Kier molecular flexibility index (Phi) is 7.13. The molecule has 1 aliphatic rings. The first-order valence-corrected chi connectivity index (χ1v) is 12.2. The maximum atomic E-state index is 12.5. The van der Waals surface area contributed by atoms with Crippen molar-refractivity contribution in [3.63, 3.8) is 0 Å². The monoisotopic (exact) mass is 536 g/mol. The first-order chi connectivity index (χ1) is 18.7. The number of amides is 1. The fourth-order valence-electron chi connectivity index (χ4n) is 4.65. The molecule has 0 spiro atoms. The average Bonchev–Trinajstić information content (AvgIpc) is 3.37. The molecule has 0 bridgehead atoms. The number of nitrogens with zero attached hydrogens (tertiary/aromatic N) is 3. The summed E-state index contributed by atoms with van der Waals surface area (Å²) >= 11 is 0. The molecule has 8 nitrogen and oxygen atoms in total.